The molecule has 0 fully saturated rings. The Bertz CT molecular complexity index is 415. The lowest BCUT2D eigenvalue weighted by molar-refractivity contribution is 0.287. The van der Waals surface area contributed by atoms with Crippen LogP contribution >= 0.6 is 22.6 Å². The molecule has 4 nitrogen and oxygen atoms in total. The van der Waals surface area contributed by atoms with Crippen LogP contribution in [0, 0.1) is 14.9 Å². The fourth-order valence-electron chi connectivity index (χ4n) is 1.44. The molecule has 0 aliphatic carbocycles. The van der Waals surface area contributed by atoms with Crippen molar-refractivity contribution in [3.63, 3.8) is 0 Å². The van der Waals surface area contributed by atoms with E-state index >= 15 is 0 Å². The van der Waals surface area contributed by atoms with E-state index in [0.717, 1.165) is 14.9 Å². The maximum Gasteiger partial charge on any atom is 0.174 e. The summed E-state index contributed by atoms with van der Waals surface area (Å²) in [5, 5.41) is 17.4. The minimum atomic E-state index is 0.0224. The van der Waals surface area contributed by atoms with Gasteiger partial charge in [0.25, 0.3) is 0 Å². The number of nitrogens with zero attached hydrogens (tertiary/aromatic N) is 1. The van der Waals surface area contributed by atoms with Crippen LogP contribution in [0.2, 0.25) is 0 Å². The number of aliphatic hydroxyl groups is 1. The maximum atomic E-state index is 8.85. The van der Waals surface area contributed by atoms with Crippen molar-refractivity contribution in [1.82, 2.24) is 0 Å². The Morgan fingerprint density at radius 2 is 2.18 bits per heavy atom. The molecule has 0 atom stereocenters. The van der Waals surface area contributed by atoms with E-state index in [0.29, 0.717) is 18.6 Å². The van der Waals surface area contributed by atoms with Crippen LogP contribution in [0.5, 0.6) is 11.5 Å². The van der Waals surface area contributed by atoms with E-state index in [-0.39, 0.29) is 13.2 Å². The zero-order valence-corrected chi connectivity index (χ0v) is 11.7. The number of hydrogen-bond acceptors (Lipinski definition) is 4. The molecule has 0 saturated carbocycles. The third-order valence-electron chi connectivity index (χ3n) is 2.23. The lowest BCUT2D eigenvalue weighted by Crippen LogP contribution is -2.01. The number of rotatable bonds is 6. The summed E-state index contributed by atoms with van der Waals surface area (Å²) in [6.45, 7) is 0.153. The van der Waals surface area contributed by atoms with Crippen molar-refractivity contribution in [3.8, 4) is 17.6 Å². The van der Waals surface area contributed by atoms with Crippen molar-refractivity contribution >= 4 is 22.6 Å². The molecule has 0 aliphatic heterocycles. The van der Waals surface area contributed by atoms with Gasteiger partial charge in [-0.3, -0.25) is 0 Å². The summed E-state index contributed by atoms with van der Waals surface area (Å²) in [4.78, 5) is 0. The normalized spacial score (nSPS) is 9.76. The molecule has 5 heteroatoms. The van der Waals surface area contributed by atoms with Crippen LogP contribution in [0.4, 0.5) is 0 Å². The van der Waals surface area contributed by atoms with Crippen LogP contribution in [0.1, 0.15) is 12.0 Å². The van der Waals surface area contributed by atoms with Crippen LogP contribution in [-0.2, 0) is 6.42 Å². The molecule has 0 spiro atoms. The Balaban J connectivity index is 2.98. The predicted molar refractivity (Wildman–Crippen MR) is 72.2 cm³/mol. The first kappa shape index (κ1) is 14.1. The molecule has 0 bridgehead atoms. The van der Waals surface area contributed by atoms with Crippen LogP contribution in [0.25, 0.3) is 0 Å². The van der Waals surface area contributed by atoms with Crippen LogP contribution in [-0.4, -0.2) is 25.4 Å². The third kappa shape index (κ3) is 4.06. The molecule has 0 aromatic heterocycles. The van der Waals surface area contributed by atoms with Gasteiger partial charge in [-0.2, -0.15) is 5.26 Å². The fraction of sp³-hybridized carbons (Fsp3) is 0.417. The molecule has 0 saturated heterocycles. The Morgan fingerprint density at radius 3 is 2.76 bits per heavy atom. The first-order chi connectivity index (χ1) is 8.22. The number of halogens is 1. The van der Waals surface area contributed by atoms with Crippen molar-refractivity contribution in [2.45, 2.75) is 12.8 Å². The molecule has 1 aromatic rings. The number of hydrogen-bond donors (Lipinski definition) is 1. The lowest BCUT2D eigenvalue weighted by Gasteiger charge is -2.12. The summed E-state index contributed by atoms with van der Waals surface area (Å²) in [6, 6.07) is 5.69. The Hall–Kier alpha value is -1.00. The fourth-order valence-corrected chi connectivity index (χ4v) is 2.10. The second kappa shape index (κ2) is 7.35. The number of benzene rings is 1. The number of ether oxygens (including phenoxy) is 2. The molecule has 1 aromatic carbocycles. The molecule has 0 unspecified atom stereocenters. The molecule has 0 amide bonds. The third-order valence-corrected chi connectivity index (χ3v) is 3.07. The highest BCUT2D eigenvalue weighted by molar-refractivity contribution is 14.1. The highest BCUT2D eigenvalue weighted by Gasteiger charge is 2.09. The van der Waals surface area contributed by atoms with Gasteiger partial charge >= 0.3 is 0 Å². The first-order valence-corrected chi connectivity index (χ1v) is 6.27. The molecular weight excluding hydrogens is 333 g/mol. The quantitative estimate of drug-likeness (QED) is 0.801. The van der Waals surface area contributed by atoms with Crippen molar-refractivity contribution in [3.05, 3.63) is 21.3 Å². The standard InChI is InChI=1S/C12H14INO3/c1-16-12-7-9(3-2-5-15)11(8-10(12)13)17-6-4-14/h7-8,15H,2-3,5-6H2,1H3. The highest BCUT2D eigenvalue weighted by Crippen LogP contribution is 2.30. The van der Waals surface area contributed by atoms with E-state index in [1.807, 2.05) is 18.2 Å². The minimum Gasteiger partial charge on any atom is -0.496 e. The van der Waals surface area contributed by atoms with Crippen LogP contribution in [0.3, 0.4) is 0 Å². The summed E-state index contributed by atoms with van der Waals surface area (Å²) in [5.41, 5.74) is 0.951. The zero-order chi connectivity index (χ0) is 12.7. The van der Waals surface area contributed by atoms with Crippen LogP contribution in [0.15, 0.2) is 12.1 Å². The van der Waals surface area contributed by atoms with E-state index in [9.17, 15) is 0 Å². The van der Waals surface area contributed by atoms with Gasteiger partial charge in [0.15, 0.2) is 6.61 Å². The molecule has 0 radical (unpaired) electrons. The van der Waals surface area contributed by atoms with Gasteiger partial charge in [0.2, 0.25) is 0 Å². The van der Waals surface area contributed by atoms with Gasteiger partial charge in [-0.25, -0.2) is 0 Å². The number of aliphatic hydroxyl groups excluding tert-OH is 1. The molecular formula is C12H14INO3. The van der Waals surface area contributed by atoms with Crippen LogP contribution < -0.4 is 9.47 Å². The summed E-state index contributed by atoms with van der Waals surface area (Å²) >= 11 is 2.15. The summed E-state index contributed by atoms with van der Waals surface area (Å²) in [6.07, 6.45) is 1.36. The molecule has 1 rings (SSSR count). The van der Waals surface area contributed by atoms with E-state index in [2.05, 4.69) is 22.6 Å². The number of methoxy groups -OCH3 is 1. The predicted octanol–water partition coefficient (Wildman–Crippen LogP) is 2.13. The van der Waals surface area contributed by atoms with E-state index < -0.39 is 0 Å². The van der Waals surface area contributed by atoms with Gasteiger partial charge in [-0.05, 0) is 53.1 Å². The largest absolute Gasteiger partial charge is 0.496 e. The lowest BCUT2D eigenvalue weighted by atomic mass is 10.1. The summed E-state index contributed by atoms with van der Waals surface area (Å²) in [5.74, 6) is 1.47. The van der Waals surface area contributed by atoms with Gasteiger partial charge < -0.3 is 14.6 Å². The van der Waals surface area contributed by atoms with Gasteiger partial charge in [0, 0.05) is 6.61 Å². The van der Waals surface area contributed by atoms with Gasteiger partial charge in [0.05, 0.1) is 10.7 Å². The monoisotopic (exact) mass is 347 g/mol. The van der Waals surface area contributed by atoms with Gasteiger partial charge in [-0.15, -0.1) is 0 Å². The number of aryl methyl sites for hydroxylation is 1. The molecule has 0 heterocycles. The van der Waals surface area contributed by atoms with Gasteiger partial charge in [0.1, 0.15) is 17.6 Å². The topological polar surface area (TPSA) is 62.5 Å². The SMILES string of the molecule is COc1cc(CCCO)c(OCC#N)cc1I. The Kier molecular flexibility index (Phi) is 6.08. The molecule has 17 heavy (non-hydrogen) atoms. The summed E-state index contributed by atoms with van der Waals surface area (Å²) in [7, 11) is 1.61. The van der Waals surface area contributed by atoms with Crippen molar-refractivity contribution in [2.24, 2.45) is 0 Å². The smallest absolute Gasteiger partial charge is 0.174 e. The Morgan fingerprint density at radius 1 is 1.41 bits per heavy atom. The minimum absolute atomic E-state index is 0.0224. The maximum absolute atomic E-state index is 8.85. The second-order valence-corrected chi connectivity index (χ2v) is 4.53. The van der Waals surface area contributed by atoms with E-state index in [4.69, 9.17) is 19.8 Å². The molecule has 0 aliphatic rings. The van der Waals surface area contributed by atoms with E-state index in [1.165, 1.54) is 0 Å². The van der Waals surface area contributed by atoms with Crippen molar-refractivity contribution < 1.29 is 14.6 Å². The molecule has 1 N–H and O–H groups in total. The summed E-state index contributed by atoms with van der Waals surface area (Å²) < 4.78 is 11.5. The average Bonchev–Trinajstić information content (AvgIpc) is 2.34. The average molecular weight is 347 g/mol. The molecule has 92 valence electrons. The number of nitriles is 1. The van der Waals surface area contributed by atoms with Gasteiger partial charge in [-0.1, -0.05) is 0 Å². The Labute approximate surface area is 114 Å². The van der Waals surface area contributed by atoms with E-state index in [1.54, 1.807) is 7.11 Å². The van der Waals surface area contributed by atoms with Crippen molar-refractivity contribution in [1.29, 1.82) is 5.26 Å². The van der Waals surface area contributed by atoms with Crippen molar-refractivity contribution in [2.75, 3.05) is 20.3 Å². The highest BCUT2D eigenvalue weighted by atomic mass is 127. The zero-order valence-electron chi connectivity index (χ0n) is 9.57. The second-order valence-electron chi connectivity index (χ2n) is 3.37. The first-order valence-electron chi connectivity index (χ1n) is 5.20.